The van der Waals surface area contributed by atoms with E-state index in [2.05, 4.69) is 6.58 Å². The molecule has 1 heterocycles. The number of fused-ring (bicyclic) bond motifs is 1. The van der Waals surface area contributed by atoms with Crippen LogP contribution in [-0.2, 0) is 15.0 Å². The fraction of sp³-hybridized carbons (Fsp3) is 0.161. The predicted octanol–water partition coefficient (Wildman–Crippen LogP) is 6.33. The van der Waals surface area contributed by atoms with Crippen LogP contribution in [0.1, 0.15) is 17.5 Å². The summed E-state index contributed by atoms with van der Waals surface area (Å²) < 4.78 is 5.25. The molecule has 1 N–H and O–H groups in total. The molecule has 0 saturated carbocycles. The minimum Gasteiger partial charge on any atom is -0.504 e. The summed E-state index contributed by atoms with van der Waals surface area (Å²) in [7, 11) is 1.49. The molecular formula is C31H26ClNO4. The standard InChI is InChI=1S/C31H26ClNO4/c1-3-21-14-16-26-29(35)33(24-11-7-10-23(32)19-24)30(36)31(26,22-8-5-4-6-9-22)25(21)15-12-20-13-17-27(34)28(18-20)37-2/h3-15,17-19,25-26,34H,1,16H2,2H3/t25-,26-,31-/m0/s1. The summed E-state index contributed by atoms with van der Waals surface area (Å²) >= 11 is 6.24. The highest BCUT2D eigenvalue weighted by Gasteiger charge is 2.64. The molecule has 2 amide bonds. The minimum absolute atomic E-state index is 0.0403. The molecule has 1 aliphatic heterocycles. The van der Waals surface area contributed by atoms with Gasteiger partial charge in [-0.05, 0) is 53.5 Å². The molecule has 5 rings (SSSR count). The molecule has 1 aliphatic carbocycles. The van der Waals surface area contributed by atoms with Crippen LogP contribution in [0, 0.1) is 11.8 Å². The molecule has 37 heavy (non-hydrogen) atoms. The van der Waals surface area contributed by atoms with Gasteiger partial charge in [-0.15, -0.1) is 0 Å². The average molecular weight is 512 g/mol. The lowest BCUT2D eigenvalue weighted by Crippen LogP contribution is -2.48. The third kappa shape index (κ3) is 3.96. The fourth-order valence-electron chi connectivity index (χ4n) is 5.62. The summed E-state index contributed by atoms with van der Waals surface area (Å²) in [5.41, 5.74) is 1.71. The first-order chi connectivity index (χ1) is 17.9. The number of phenols is 1. The van der Waals surface area contributed by atoms with Crippen LogP contribution in [0.3, 0.4) is 0 Å². The summed E-state index contributed by atoms with van der Waals surface area (Å²) in [5.74, 6) is -1.22. The highest BCUT2D eigenvalue weighted by Crippen LogP contribution is 2.55. The maximum absolute atomic E-state index is 14.5. The van der Waals surface area contributed by atoms with Gasteiger partial charge in [-0.25, -0.2) is 4.90 Å². The van der Waals surface area contributed by atoms with Gasteiger partial charge in [0.05, 0.1) is 24.1 Å². The Morgan fingerprint density at radius 1 is 1.08 bits per heavy atom. The maximum Gasteiger partial charge on any atom is 0.246 e. The van der Waals surface area contributed by atoms with Gasteiger partial charge < -0.3 is 9.84 Å². The largest absolute Gasteiger partial charge is 0.504 e. The Kier molecular flexibility index (Phi) is 6.48. The second-order valence-corrected chi connectivity index (χ2v) is 9.59. The van der Waals surface area contributed by atoms with Crippen molar-refractivity contribution in [2.45, 2.75) is 11.8 Å². The first-order valence-electron chi connectivity index (χ1n) is 12.0. The number of phenolic OH excluding ortho intramolecular Hbond substituents is 1. The quantitative estimate of drug-likeness (QED) is 0.393. The number of rotatable bonds is 6. The molecule has 1 saturated heterocycles. The highest BCUT2D eigenvalue weighted by atomic mass is 35.5. The Morgan fingerprint density at radius 3 is 2.57 bits per heavy atom. The number of anilines is 1. The number of benzene rings is 3. The summed E-state index contributed by atoms with van der Waals surface area (Å²) in [6, 6.07) is 21.4. The zero-order valence-electron chi connectivity index (χ0n) is 20.3. The van der Waals surface area contributed by atoms with Gasteiger partial charge in [0.2, 0.25) is 11.8 Å². The Bertz CT molecular complexity index is 1440. The van der Waals surface area contributed by atoms with Gasteiger partial charge in [0, 0.05) is 10.9 Å². The Morgan fingerprint density at radius 2 is 1.86 bits per heavy atom. The molecule has 3 aromatic carbocycles. The molecule has 186 valence electrons. The van der Waals surface area contributed by atoms with Crippen molar-refractivity contribution in [2.75, 3.05) is 12.0 Å². The molecule has 0 spiro atoms. The van der Waals surface area contributed by atoms with E-state index in [1.165, 1.54) is 12.0 Å². The molecule has 0 bridgehead atoms. The number of carbonyl (C=O) groups excluding carboxylic acids is 2. The van der Waals surface area contributed by atoms with Crippen molar-refractivity contribution in [1.29, 1.82) is 0 Å². The number of imide groups is 1. The van der Waals surface area contributed by atoms with Gasteiger partial charge in [0.15, 0.2) is 11.5 Å². The van der Waals surface area contributed by atoms with Crippen LogP contribution < -0.4 is 9.64 Å². The molecular weight excluding hydrogens is 486 g/mol. The van der Waals surface area contributed by atoms with Gasteiger partial charge in [0.1, 0.15) is 0 Å². The van der Waals surface area contributed by atoms with Crippen molar-refractivity contribution in [3.8, 4) is 11.5 Å². The highest BCUT2D eigenvalue weighted by molar-refractivity contribution is 6.32. The Balaban J connectivity index is 1.70. The zero-order chi connectivity index (χ0) is 26.2. The molecule has 2 aliphatic rings. The maximum atomic E-state index is 14.5. The van der Waals surface area contributed by atoms with Crippen molar-refractivity contribution < 1.29 is 19.4 Å². The molecule has 0 unspecified atom stereocenters. The number of hydrogen-bond acceptors (Lipinski definition) is 4. The lowest BCUT2D eigenvalue weighted by molar-refractivity contribution is -0.124. The second kappa shape index (κ2) is 9.75. The van der Waals surface area contributed by atoms with E-state index in [4.69, 9.17) is 16.3 Å². The van der Waals surface area contributed by atoms with E-state index in [1.54, 1.807) is 48.5 Å². The van der Waals surface area contributed by atoms with Crippen molar-refractivity contribution in [3.63, 3.8) is 0 Å². The SMILES string of the molecule is C=CC1=CC[C@H]2C(=O)N(c3cccc(Cl)c3)C(=O)[C@@]2(c2ccccc2)[C@H]1C=Cc1ccc(O)c(OC)c1. The van der Waals surface area contributed by atoms with Crippen LogP contribution in [0.5, 0.6) is 11.5 Å². The monoisotopic (exact) mass is 511 g/mol. The Hall–Kier alpha value is -4.09. The van der Waals surface area contributed by atoms with E-state index < -0.39 is 17.3 Å². The summed E-state index contributed by atoms with van der Waals surface area (Å²) in [6.07, 6.45) is 8.00. The van der Waals surface area contributed by atoms with Crippen LogP contribution in [0.15, 0.2) is 103 Å². The summed E-state index contributed by atoms with van der Waals surface area (Å²) in [4.78, 5) is 29.7. The van der Waals surface area contributed by atoms with Crippen LogP contribution in [0.2, 0.25) is 5.02 Å². The molecule has 0 aromatic heterocycles. The molecule has 1 fully saturated rings. The smallest absolute Gasteiger partial charge is 0.246 e. The third-order valence-electron chi connectivity index (χ3n) is 7.30. The summed E-state index contributed by atoms with van der Waals surface area (Å²) in [5, 5.41) is 10.4. The second-order valence-electron chi connectivity index (χ2n) is 9.16. The van der Waals surface area contributed by atoms with E-state index in [0.29, 0.717) is 22.9 Å². The van der Waals surface area contributed by atoms with Gasteiger partial charge >= 0.3 is 0 Å². The number of aromatic hydroxyl groups is 1. The number of halogens is 1. The van der Waals surface area contributed by atoms with Crippen LogP contribution >= 0.6 is 11.6 Å². The number of amides is 2. The zero-order valence-corrected chi connectivity index (χ0v) is 21.1. The normalized spacial score (nSPS) is 23.2. The molecule has 3 atom stereocenters. The lowest BCUT2D eigenvalue weighted by atomic mass is 9.57. The topological polar surface area (TPSA) is 66.8 Å². The molecule has 5 nitrogen and oxygen atoms in total. The number of hydrogen-bond donors (Lipinski definition) is 1. The van der Waals surface area contributed by atoms with E-state index in [1.807, 2.05) is 48.6 Å². The number of carbonyl (C=O) groups is 2. The van der Waals surface area contributed by atoms with Crippen LogP contribution in [0.25, 0.3) is 6.08 Å². The van der Waals surface area contributed by atoms with Gasteiger partial charge in [-0.2, -0.15) is 0 Å². The van der Waals surface area contributed by atoms with E-state index in [0.717, 1.165) is 16.7 Å². The number of ether oxygens (including phenoxy) is 1. The van der Waals surface area contributed by atoms with Crippen molar-refractivity contribution in [2.24, 2.45) is 11.8 Å². The third-order valence-corrected chi connectivity index (χ3v) is 7.54. The molecule has 0 radical (unpaired) electrons. The van der Waals surface area contributed by atoms with E-state index in [-0.39, 0.29) is 17.6 Å². The molecule has 3 aromatic rings. The predicted molar refractivity (Wildman–Crippen MR) is 146 cm³/mol. The lowest BCUT2D eigenvalue weighted by Gasteiger charge is -2.41. The first kappa shape index (κ1) is 24.6. The van der Waals surface area contributed by atoms with Crippen molar-refractivity contribution >= 4 is 35.2 Å². The number of nitrogens with zero attached hydrogens (tertiary/aromatic N) is 1. The van der Waals surface area contributed by atoms with Crippen molar-refractivity contribution in [1.82, 2.24) is 0 Å². The van der Waals surface area contributed by atoms with Crippen molar-refractivity contribution in [3.05, 3.63) is 119 Å². The van der Waals surface area contributed by atoms with Gasteiger partial charge in [-0.1, -0.05) is 84.9 Å². The number of methoxy groups -OCH3 is 1. The van der Waals surface area contributed by atoms with E-state index in [9.17, 15) is 14.7 Å². The van der Waals surface area contributed by atoms with Gasteiger partial charge in [0.25, 0.3) is 0 Å². The average Bonchev–Trinajstić information content (AvgIpc) is 3.15. The first-order valence-corrected chi connectivity index (χ1v) is 12.4. The fourth-order valence-corrected chi connectivity index (χ4v) is 5.81. The van der Waals surface area contributed by atoms with Gasteiger partial charge in [-0.3, -0.25) is 9.59 Å². The minimum atomic E-state index is -1.17. The summed E-state index contributed by atoms with van der Waals surface area (Å²) in [6.45, 7) is 4.02. The van der Waals surface area contributed by atoms with E-state index >= 15 is 0 Å². The van der Waals surface area contributed by atoms with Crippen LogP contribution in [0.4, 0.5) is 5.69 Å². The molecule has 6 heteroatoms. The van der Waals surface area contributed by atoms with Crippen LogP contribution in [-0.4, -0.2) is 24.0 Å². The number of allylic oxidation sites excluding steroid dienone is 4. The Labute approximate surface area is 221 Å².